The Kier molecular flexibility index (Phi) is 10.1. The van der Waals surface area contributed by atoms with Crippen LogP contribution < -0.4 is 0 Å². The third-order valence-electron chi connectivity index (χ3n) is 4.23. The molecule has 0 amide bonds. The fraction of sp³-hybridized carbons (Fsp3) is 1.00. The van der Waals surface area contributed by atoms with Gasteiger partial charge in [-0.25, -0.2) is 0 Å². The summed E-state index contributed by atoms with van der Waals surface area (Å²) in [7, 11) is -1.37. The van der Waals surface area contributed by atoms with E-state index in [4.69, 9.17) is 4.43 Å². The SMILES string of the molecule is CCCCC(CC)CCC(CC)O[Si](C)(C)CC. The fourth-order valence-electron chi connectivity index (χ4n) is 2.35. The molecule has 0 N–H and O–H groups in total. The number of rotatable bonds is 11. The standard InChI is InChI=1S/C16H36OSi/c1-7-11-12-15(8-2)13-14-16(9-3)17-18(5,6)10-4/h15-16H,7-14H2,1-6H3. The van der Waals surface area contributed by atoms with Crippen molar-refractivity contribution in [1.82, 2.24) is 0 Å². The summed E-state index contributed by atoms with van der Waals surface area (Å²) in [5.74, 6) is 0.925. The highest BCUT2D eigenvalue weighted by atomic mass is 28.4. The zero-order valence-corrected chi connectivity index (χ0v) is 14.7. The summed E-state index contributed by atoms with van der Waals surface area (Å²) in [5, 5.41) is 0. The molecule has 2 unspecified atom stereocenters. The van der Waals surface area contributed by atoms with Gasteiger partial charge in [0.15, 0.2) is 8.32 Å². The van der Waals surface area contributed by atoms with E-state index in [9.17, 15) is 0 Å². The summed E-state index contributed by atoms with van der Waals surface area (Å²) in [6.45, 7) is 13.9. The molecule has 2 atom stereocenters. The van der Waals surface area contributed by atoms with E-state index < -0.39 is 8.32 Å². The molecular weight excluding hydrogens is 236 g/mol. The van der Waals surface area contributed by atoms with E-state index in [1.165, 1.54) is 51.0 Å². The molecule has 0 aromatic heterocycles. The van der Waals surface area contributed by atoms with Gasteiger partial charge >= 0.3 is 0 Å². The monoisotopic (exact) mass is 272 g/mol. The highest BCUT2D eigenvalue weighted by Gasteiger charge is 2.24. The van der Waals surface area contributed by atoms with Crippen molar-refractivity contribution in [2.45, 2.75) is 97.9 Å². The lowest BCUT2D eigenvalue weighted by Crippen LogP contribution is -2.34. The van der Waals surface area contributed by atoms with Crippen LogP contribution in [0.2, 0.25) is 19.1 Å². The van der Waals surface area contributed by atoms with Crippen molar-refractivity contribution in [2.75, 3.05) is 0 Å². The second-order valence-electron chi connectivity index (χ2n) is 6.26. The Labute approximate surface area is 117 Å². The molecule has 0 aliphatic carbocycles. The molecule has 0 aromatic carbocycles. The smallest absolute Gasteiger partial charge is 0.186 e. The van der Waals surface area contributed by atoms with Gasteiger partial charge in [-0.3, -0.25) is 0 Å². The molecule has 1 nitrogen and oxygen atoms in total. The van der Waals surface area contributed by atoms with Crippen LogP contribution in [0, 0.1) is 5.92 Å². The fourth-order valence-corrected chi connectivity index (χ4v) is 3.70. The first-order valence-electron chi connectivity index (χ1n) is 8.16. The minimum absolute atomic E-state index is 0.516. The zero-order chi connectivity index (χ0) is 14.0. The van der Waals surface area contributed by atoms with Gasteiger partial charge in [0.25, 0.3) is 0 Å². The Hall–Kier alpha value is 0.177. The minimum Gasteiger partial charge on any atom is -0.414 e. The van der Waals surface area contributed by atoms with Gasteiger partial charge in [0, 0.05) is 6.10 Å². The average molecular weight is 273 g/mol. The number of hydrogen-bond acceptors (Lipinski definition) is 1. The maximum Gasteiger partial charge on any atom is 0.186 e. The second-order valence-corrected chi connectivity index (χ2v) is 10.7. The normalized spacial score (nSPS) is 15.7. The largest absolute Gasteiger partial charge is 0.414 e. The lowest BCUT2D eigenvalue weighted by molar-refractivity contribution is 0.164. The van der Waals surface area contributed by atoms with E-state index in [1.54, 1.807) is 0 Å². The molecule has 0 fully saturated rings. The first-order valence-corrected chi connectivity index (χ1v) is 11.3. The third-order valence-corrected chi connectivity index (χ3v) is 6.91. The van der Waals surface area contributed by atoms with E-state index in [1.807, 2.05) is 0 Å². The molecule has 2 heteroatoms. The Bertz CT molecular complexity index is 192. The van der Waals surface area contributed by atoms with E-state index in [-0.39, 0.29) is 0 Å². The highest BCUT2D eigenvalue weighted by Crippen LogP contribution is 2.23. The number of unbranched alkanes of at least 4 members (excludes halogenated alkanes) is 1. The van der Waals surface area contributed by atoms with Crippen molar-refractivity contribution in [1.29, 1.82) is 0 Å². The lowest BCUT2D eigenvalue weighted by Gasteiger charge is -2.29. The first-order chi connectivity index (χ1) is 8.49. The second kappa shape index (κ2) is 10.0. The predicted molar refractivity (Wildman–Crippen MR) is 85.7 cm³/mol. The summed E-state index contributed by atoms with van der Waals surface area (Å²) in [5.41, 5.74) is 0. The molecule has 0 aliphatic rings. The molecule has 0 rings (SSSR count). The minimum atomic E-state index is -1.37. The van der Waals surface area contributed by atoms with Gasteiger partial charge in [-0.15, -0.1) is 0 Å². The molecule has 0 bridgehead atoms. The average Bonchev–Trinajstić information content (AvgIpc) is 2.37. The molecule has 0 spiro atoms. The predicted octanol–water partition coefficient (Wildman–Crippen LogP) is 6.00. The van der Waals surface area contributed by atoms with Gasteiger partial charge in [0.2, 0.25) is 0 Å². The molecule has 0 saturated heterocycles. The lowest BCUT2D eigenvalue weighted by atomic mass is 9.93. The zero-order valence-electron chi connectivity index (χ0n) is 13.7. The quantitative estimate of drug-likeness (QED) is 0.419. The Morgan fingerprint density at radius 2 is 1.56 bits per heavy atom. The van der Waals surface area contributed by atoms with Gasteiger partial charge in [-0.05, 0) is 44.3 Å². The summed E-state index contributed by atoms with van der Waals surface area (Å²) < 4.78 is 6.37. The van der Waals surface area contributed by atoms with Crippen molar-refractivity contribution in [3.63, 3.8) is 0 Å². The van der Waals surface area contributed by atoms with Crippen molar-refractivity contribution in [2.24, 2.45) is 5.92 Å². The van der Waals surface area contributed by atoms with Gasteiger partial charge in [-0.1, -0.05) is 53.4 Å². The molecule has 18 heavy (non-hydrogen) atoms. The van der Waals surface area contributed by atoms with Crippen LogP contribution in [-0.2, 0) is 4.43 Å². The topological polar surface area (TPSA) is 9.23 Å². The van der Waals surface area contributed by atoms with Crippen LogP contribution in [0.25, 0.3) is 0 Å². The van der Waals surface area contributed by atoms with E-state index >= 15 is 0 Å². The van der Waals surface area contributed by atoms with Crippen LogP contribution in [0.15, 0.2) is 0 Å². The summed E-state index contributed by atoms with van der Waals surface area (Å²) in [6, 6.07) is 1.23. The van der Waals surface area contributed by atoms with Gasteiger partial charge in [0.05, 0.1) is 0 Å². The van der Waals surface area contributed by atoms with Crippen molar-refractivity contribution >= 4 is 8.32 Å². The first kappa shape index (κ1) is 18.2. The van der Waals surface area contributed by atoms with Crippen LogP contribution in [0.1, 0.15) is 72.6 Å². The van der Waals surface area contributed by atoms with Gasteiger partial charge in [0.1, 0.15) is 0 Å². The molecule has 0 saturated carbocycles. The van der Waals surface area contributed by atoms with Gasteiger partial charge in [-0.2, -0.15) is 0 Å². The molecule has 0 heterocycles. The summed E-state index contributed by atoms with van der Waals surface area (Å²) >= 11 is 0. The molecule has 0 aromatic rings. The Balaban J connectivity index is 4.04. The van der Waals surface area contributed by atoms with Crippen LogP contribution in [-0.4, -0.2) is 14.4 Å². The van der Waals surface area contributed by atoms with Crippen molar-refractivity contribution in [3.8, 4) is 0 Å². The van der Waals surface area contributed by atoms with E-state index in [0.29, 0.717) is 6.10 Å². The third kappa shape index (κ3) is 8.31. The van der Waals surface area contributed by atoms with Crippen molar-refractivity contribution in [3.05, 3.63) is 0 Å². The Morgan fingerprint density at radius 1 is 0.889 bits per heavy atom. The molecule has 0 aliphatic heterocycles. The van der Waals surface area contributed by atoms with E-state index in [0.717, 1.165) is 5.92 Å². The maximum atomic E-state index is 6.37. The van der Waals surface area contributed by atoms with Crippen LogP contribution >= 0.6 is 0 Å². The van der Waals surface area contributed by atoms with Crippen LogP contribution in [0.5, 0.6) is 0 Å². The molecule has 110 valence electrons. The number of hydrogen-bond donors (Lipinski definition) is 0. The highest BCUT2D eigenvalue weighted by molar-refractivity contribution is 6.71. The van der Waals surface area contributed by atoms with Crippen molar-refractivity contribution < 1.29 is 4.43 Å². The van der Waals surface area contributed by atoms with Crippen LogP contribution in [0.4, 0.5) is 0 Å². The molecular formula is C16H36OSi. The summed E-state index contributed by atoms with van der Waals surface area (Å²) in [6.07, 6.45) is 9.82. The molecule has 0 radical (unpaired) electrons. The van der Waals surface area contributed by atoms with Gasteiger partial charge < -0.3 is 4.43 Å². The van der Waals surface area contributed by atoms with E-state index in [2.05, 4.69) is 40.8 Å². The summed E-state index contributed by atoms with van der Waals surface area (Å²) in [4.78, 5) is 0. The Morgan fingerprint density at radius 3 is 2.00 bits per heavy atom. The maximum absolute atomic E-state index is 6.37. The van der Waals surface area contributed by atoms with Crippen LogP contribution in [0.3, 0.4) is 0 Å².